The van der Waals surface area contributed by atoms with Gasteiger partial charge in [0.2, 0.25) is 0 Å². The molecule has 0 aliphatic carbocycles. The lowest BCUT2D eigenvalue weighted by atomic mass is 10.3. The van der Waals surface area contributed by atoms with E-state index in [1.807, 2.05) is 5.38 Å². The molecule has 1 aromatic rings. The largest absolute Gasteiger partial charge is 0.478 e. The monoisotopic (exact) mass is 295 g/mol. The Hall–Kier alpha value is -1.24. The van der Waals surface area contributed by atoms with Crippen LogP contribution in [0.2, 0.25) is 0 Å². The number of thiazole rings is 1. The van der Waals surface area contributed by atoms with E-state index >= 15 is 0 Å². The minimum Gasteiger partial charge on any atom is -0.478 e. The first-order valence-electron chi connectivity index (χ1n) is 6.97. The fourth-order valence-electron chi connectivity index (χ4n) is 2.26. The maximum atomic E-state index is 10.4. The molecule has 5 nitrogen and oxygen atoms in total. The van der Waals surface area contributed by atoms with Gasteiger partial charge in [-0.3, -0.25) is 0 Å². The molecule has 1 aliphatic rings. The molecule has 1 aromatic heterocycles. The highest BCUT2D eigenvalue weighted by atomic mass is 32.1. The number of likely N-dealkylation sites (N-methyl/N-ethyl adjacent to an activating group) is 1. The van der Waals surface area contributed by atoms with E-state index in [1.165, 1.54) is 0 Å². The number of carboxylic acids is 1. The lowest BCUT2D eigenvalue weighted by Gasteiger charge is -2.33. The second-order valence-electron chi connectivity index (χ2n) is 4.86. The molecule has 1 aliphatic heterocycles. The Morgan fingerprint density at radius 1 is 1.40 bits per heavy atom. The van der Waals surface area contributed by atoms with Crippen molar-refractivity contribution in [1.82, 2.24) is 14.8 Å². The first-order valence-corrected chi connectivity index (χ1v) is 7.85. The average molecular weight is 295 g/mol. The van der Waals surface area contributed by atoms with E-state index in [9.17, 15) is 4.79 Å². The molecule has 20 heavy (non-hydrogen) atoms. The van der Waals surface area contributed by atoms with Crippen molar-refractivity contribution in [3.05, 3.63) is 22.2 Å². The lowest BCUT2D eigenvalue weighted by Crippen LogP contribution is -2.46. The van der Waals surface area contributed by atoms with Crippen LogP contribution < -0.4 is 0 Å². The summed E-state index contributed by atoms with van der Waals surface area (Å²) in [6.45, 7) is 8.95. The summed E-state index contributed by atoms with van der Waals surface area (Å²) in [6.07, 6.45) is 3.61. The molecule has 0 saturated carbocycles. The highest BCUT2D eigenvalue weighted by molar-refractivity contribution is 7.09. The lowest BCUT2D eigenvalue weighted by molar-refractivity contribution is -0.131. The van der Waals surface area contributed by atoms with Gasteiger partial charge in [-0.2, -0.15) is 0 Å². The van der Waals surface area contributed by atoms with Gasteiger partial charge in [-0.05, 0) is 12.6 Å². The fourth-order valence-corrected chi connectivity index (χ4v) is 3.01. The molecule has 110 valence electrons. The van der Waals surface area contributed by atoms with Crippen molar-refractivity contribution in [2.45, 2.75) is 13.3 Å². The van der Waals surface area contributed by atoms with Crippen LogP contribution in [0.4, 0.5) is 0 Å². The third-order valence-electron chi connectivity index (χ3n) is 3.52. The van der Waals surface area contributed by atoms with E-state index in [0.717, 1.165) is 62.5 Å². The van der Waals surface area contributed by atoms with Crippen LogP contribution in [-0.2, 0) is 11.2 Å². The van der Waals surface area contributed by atoms with Crippen molar-refractivity contribution in [2.75, 3.05) is 39.3 Å². The summed E-state index contributed by atoms with van der Waals surface area (Å²) in [6, 6.07) is 0. The van der Waals surface area contributed by atoms with Gasteiger partial charge >= 0.3 is 5.97 Å². The Morgan fingerprint density at radius 3 is 2.75 bits per heavy atom. The molecule has 1 saturated heterocycles. The Labute approximate surface area is 123 Å². The standard InChI is InChI=1S/C14H21N3O2S/c1-2-16-7-9-17(10-8-16)6-5-13-15-12(11-20-13)3-4-14(18)19/h3-4,11H,2,5-10H2,1H3,(H,18,19)/b4-3+. The summed E-state index contributed by atoms with van der Waals surface area (Å²) < 4.78 is 0. The molecule has 1 N–H and O–H groups in total. The molecule has 0 unspecified atom stereocenters. The summed E-state index contributed by atoms with van der Waals surface area (Å²) in [5, 5.41) is 11.6. The van der Waals surface area contributed by atoms with Gasteiger partial charge in [0.05, 0.1) is 10.7 Å². The molecule has 2 rings (SSSR count). The van der Waals surface area contributed by atoms with Gasteiger partial charge in [0.25, 0.3) is 0 Å². The highest BCUT2D eigenvalue weighted by Gasteiger charge is 2.15. The van der Waals surface area contributed by atoms with Crippen LogP contribution in [0.5, 0.6) is 0 Å². The van der Waals surface area contributed by atoms with E-state index < -0.39 is 5.97 Å². The maximum Gasteiger partial charge on any atom is 0.328 e. The summed E-state index contributed by atoms with van der Waals surface area (Å²) in [4.78, 5) is 19.8. The Balaban J connectivity index is 1.76. The molecule has 0 bridgehead atoms. The van der Waals surface area contributed by atoms with E-state index in [0.29, 0.717) is 0 Å². The van der Waals surface area contributed by atoms with Crippen LogP contribution in [0.15, 0.2) is 11.5 Å². The van der Waals surface area contributed by atoms with Gasteiger partial charge in [0, 0.05) is 50.6 Å². The molecule has 6 heteroatoms. The SMILES string of the molecule is CCN1CCN(CCc2nc(/C=C/C(=O)O)cs2)CC1. The smallest absolute Gasteiger partial charge is 0.328 e. The van der Waals surface area contributed by atoms with Crippen LogP contribution in [0.25, 0.3) is 6.08 Å². The average Bonchev–Trinajstić information content (AvgIpc) is 2.91. The molecule has 0 amide bonds. The number of nitrogens with zero attached hydrogens (tertiary/aromatic N) is 3. The van der Waals surface area contributed by atoms with Crippen molar-refractivity contribution in [3.63, 3.8) is 0 Å². The van der Waals surface area contributed by atoms with Crippen molar-refractivity contribution >= 4 is 23.4 Å². The second-order valence-corrected chi connectivity index (χ2v) is 5.81. The Bertz CT molecular complexity index is 465. The number of hydrogen-bond acceptors (Lipinski definition) is 5. The normalized spacial score (nSPS) is 17.9. The molecule has 1 fully saturated rings. The Kier molecular flexibility index (Phi) is 5.70. The van der Waals surface area contributed by atoms with Crippen molar-refractivity contribution in [3.8, 4) is 0 Å². The van der Waals surface area contributed by atoms with Crippen LogP contribution in [0.3, 0.4) is 0 Å². The molecule has 0 aromatic carbocycles. The summed E-state index contributed by atoms with van der Waals surface area (Å²) in [5.41, 5.74) is 0.739. The number of carbonyl (C=O) groups is 1. The Morgan fingerprint density at radius 2 is 2.10 bits per heavy atom. The number of hydrogen-bond donors (Lipinski definition) is 1. The number of aliphatic carboxylic acids is 1. The van der Waals surface area contributed by atoms with Gasteiger partial charge in [0.15, 0.2) is 0 Å². The summed E-state index contributed by atoms with van der Waals surface area (Å²) >= 11 is 1.60. The molecule has 0 spiro atoms. The summed E-state index contributed by atoms with van der Waals surface area (Å²) in [5.74, 6) is -0.937. The predicted molar refractivity (Wildman–Crippen MR) is 81.0 cm³/mol. The van der Waals surface area contributed by atoms with Gasteiger partial charge < -0.3 is 14.9 Å². The maximum absolute atomic E-state index is 10.4. The van der Waals surface area contributed by atoms with E-state index in [2.05, 4.69) is 21.7 Å². The fraction of sp³-hybridized carbons (Fsp3) is 0.571. The third-order valence-corrected chi connectivity index (χ3v) is 4.45. The molecule has 0 radical (unpaired) electrons. The van der Waals surface area contributed by atoms with Crippen LogP contribution in [-0.4, -0.2) is 65.1 Å². The van der Waals surface area contributed by atoms with Gasteiger partial charge in [0.1, 0.15) is 0 Å². The molecule has 2 heterocycles. The summed E-state index contributed by atoms with van der Waals surface area (Å²) in [7, 11) is 0. The van der Waals surface area contributed by atoms with Crippen LogP contribution >= 0.6 is 11.3 Å². The van der Waals surface area contributed by atoms with Crippen molar-refractivity contribution in [2.24, 2.45) is 0 Å². The van der Waals surface area contributed by atoms with Gasteiger partial charge in [-0.25, -0.2) is 9.78 Å². The topological polar surface area (TPSA) is 56.7 Å². The first kappa shape index (κ1) is 15.2. The van der Waals surface area contributed by atoms with Crippen molar-refractivity contribution in [1.29, 1.82) is 0 Å². The second kappa shape index (κ2) is 7.52. The molecular weight excluding hydrogens is 274 g/mol. The van der Waals surface area contributed by atoms with E-state index in [1.54, 1.807) is 17.4 Å². The van der Waals surface area contributed by atoms with Gasteiger partial charge in [-0.15, -0.1) is 11.3 Å². The minimum absolute atomic E-state index is 0.739. The first-order chi connectivity index (χ1) is 9.67. The molecular formula is C14H21N3O2S. The third kappa shape index (κ3) is 4.70. The van der Waals surface area contributed by atoms with Crippen LogP contribution in [0, 0.1) is 0 Å². The van der Waals surface area contributed by atoms with Crippen molar-refractivity contribution < 1.29 is 9.90 Å². The highest BCUT2D eigenvalue weighted by Crippen LogP contribution is 2.13. The zero-order valence-corrected chi connectivity index (χ0v) is 12.6. The van der Waals surface area contributed by atoms with E-state index in [4.69, 9.17) is 5.11 Å². The zero-order valence-electron chi connectivity index (χ0n) is 11.8. The van der Waals surface area contributed by atoms with Gasteiger partial charge in [-0.1, -0.05) is 6.92 Å². The number of piperazine rings is 1. The number of aromatic nitrogens is 1. The predicted octanol–water partition coefficient (Wildman–Crippen LogP) is 1.42. The minimum atomic E-state index is -0.937. The van der Waals surface area contributed by atoms with Crippen LogP contribution in [0.1, 0.15) is 17.6 Å². The zero-order chi connectivity index (χ0) is 14.4. The number of rotatable bonds is 6. The number of carboxylic acid groups (broad SMARTS) is 1. The quantitative estimate of drug-likeness (QED) is 0.804. The molecule has 0 atom stereocenters. The van der Waals surface area contributed by atoms with E-state index in [-0.39, 0.29) is 0 Å².